The molecule has 0 N–H and O–H groups in total. The van der Waals surface area contributed by atoms with Gasteiger partial charge in [0.2, 0.25) is 12.7 Å². The van der Waals surface area contributed by atoms with E-state index in [4.69, 9.17) is 32.7 Å². The standard InChI is InChI=1S/C20H22Cl2N2O4S/c1-13(2)24(20(26)19(21)22)11-18(25)23(10-15-4-3-7-29-15)9-14-5-6-16-17(8-14)28-12-27-16/h3-8,13,19H,9-12H2,1-2H3. The average molecular weight is 457 g/mol. The Kier molecular flexibility index (Phi) is 7.27. The number of amides is 2. The van der Waals surface area contributed by atoms with Crippen molar-refractivity contribution in [1.82, 2.24) is 9.80 Å². The summed E-state index contributed by atoms with van der Waals surface area (Å²) in [5.74, 6) is 0.691. The lowest BCUT2D eigenvalue weighted by Gasteiger charge is -2.30. The summed E-state index contributed by atoms with van der Waals surface area (Å²) in [6.45, 7) is 4.56. The second-order valence-corrected chi connectivity index (χ2v) is 9.01. The van der Waals surface area contributed by atoms with E-state index in [1.54, 1.807) is 16.2 Å². The Hall–Kier alpha value is -1.96. The smallest absolute Gasteiger partial charge is 0.256 e. The van der Waals surface area contributed by atoms with E-state index in [1.807, 2.05) is 49.6 Å². The van der Waals surface area contributed by atoms with Crippen molar-refractivity contribution in [2.24, 2.45) is 0 Å². The van der Waals surface area contributed by atoms with Gasteiger partial charge in [-0.2, -0.15) is 0 Å². The van der Waals surface area contributed by atoms with Gasteiger partial charge in [0.15, 0.2) is 16.3 Å². The van der Waals surface area contributed by atoms with E-state index in [2.05, 4.69) is 0 Å². The molecule has 0 atom stereocenters. The molecule has 0 aliphatic carbocycles. The summed E-state index contributed by atoms with van der Waals surface area (Å²) in [5.41, 5.74) is 0.911. The lowest BCUT2D eigenvalue weighted by atomic mass is 10.1. The Morgan fingerprint density at radius 1 is 1.14 bits per heavy atom. The average Bonchev–Trinajstić information content (AvgIpc) is 3.35. The first-order valence-electron chi connectivity index (χ1n) is 9.12. The molecule has 0 bridgehead atoms. The van der Waals surface area contributed by atoms with Crippen LogP contribution in [0, 0.1) is 0 Å². The number of halogens is 2. The van der Waals surface area contributed by atoms with Gasteiger partial charge in [-0.1, -0.05) is 35.3 Å². The third-order valence-corrected chi connectivity index (χ3v) is 5.72. The summed E-state index contributed by atoms with van der Waals surface area (Å²) in [6, 6.07) is 9.32. The van der Waals surface area contributed by atoms with Gasteiger partial charge in [-0.15, -0.1) is 11.3 Å². The zero-order valence-corrected chi connectivity index (χ0v) is 18.5. The van der Waals surface area contributed by atoms with Gasteiger partial charge < -0.3 is 19.3 Å². The molecular formula is C20H22Cl2N2O4S. The fourth-order valence-corrected chi connectivity index (χ4v) is 3.94. The van der Waals surface area contributed by atoms with E-state index < -0.39 is 10.7 Å². The van der Waals surface area contributed by atoms with E-state index in [0.717, 1.165) is 10.4 Å². The maximum Gasteiger partial charge on any atom is 0.256 e. The SMILES string of the molecule is CC(C)N(CC(=O)N(Cc1ccc2c(c1)OCO2)Cc1cccs1)C(=O)C(Cl)Cl. The van der Waals surface area contributed by atoms with Crippen LogP contribution in [0.3, 0.4) is 0 Å². The fraction of sp³-hybridized carbons (Fsp3) is 0.400. The van der Waals surface area contributed by atoms with Crippen molar-refractivity contribution in [3.05, 3.63) is 46.2 Å². The molecule has 0 saturated heterocycles. The lowest BCUT2D eigenvalue weighted by Crippen LogP contribution is -2.47. The number of alkyl halides is 2. The molecule has 29 heavy (non-hydrogen) atoms. The predicted octanol–water partition coefficient (Wildman–Crippen LogP) is 4.05. The first-order chi connectivity index (χ1) is 13.8. The lowest BCUT2D eigenvalue weighted by molar-refractivity contribution is -0.141. The van der Waals surface area contributed by atoms with Crippen LogP contribution in [0.1, 0.15) is 24.3 Å². The van der Waals surface area contributed by atoms with Crippen LogP contribution in [-0.4, -0.2) is 45.8 Å². The maximum absolute atomic E-state index is 13.1. The molecule has 0 saturated carbocycles. The first kappa shape index (κ1) is 21.7. The van der Waals surface area contributed by atoms with E-state index in [1.165, 1.54) is 4.90 Å². The Bertz CT molecular complexity index is 858. The van der Waals surface area contributed by atoms with Crippen molar-refractivity contribution in [1.29, 1.82) is 0 Å². The molecule has 2 aromatic rings. The molecule has 1 aromatic heterocycles. The topological polar surface area (TPSA) is 59.1 Å². The van der Waals surface area contributed by atoms with Crippen molar-refractivity contribution >= 4 is 46.4 Å². The summed E-state index contributed by atoms with van der Waals surface area (Å²) in [7, 11) is 0. The van der Waals surface area contributed by atoms with Gasteiger partial charge in [-0.25, -0.2) is 0 Å². The molecule has 1 aliphatic heterocycles. The van der Waals surface area contributed by atoms with E-state index in [0.29, 0.717) is 24.6 Å². The number of ether oxygens (including phenoxy) is 2. The van der Waals surface area contributed by atoms with E-state index in [-0.39, 0.29) is 25.3 Å². The molecule has 2 heterocycles. The Balaban J connectivity index is 1.78. The van der Waals surface area contributed by atoms with Crippen molar-refractivity contribution in [2.75, 3.05) is 13.3 Å². The van der Waals surface area contributed by atoms with Gasteiger partial charge in [-0.05, 0) is 43.0 Å². The summed E-state index contributed by atoms with van der Waals surface area (Å²) in [5, 5.41) is 1.97. The number of benzene rings is 1. The molecular weight excluding hydrogens is 435 g/mol. The van der Waals surface area contributed by atoms with Gasteiger partial charge in [0.25, 0.3) is 5.91 Å². The highest BCUT2D eigenvalue weighted by Gasteiger charge is 2.27. The molecule has 0 fully saturated rings. The van der Waals surface area contributed by atoms with Gasteiger partial charge in [0.1, 0.15) is 6.54 Å². The van der Waals surface area contributed by atoms with Crippen LogP contribution in [0.5, 0.6) is 11.5 Å². The molecule has 156 valence electrons. The second kappa shape index (κ2) is 9.69. The van der Waals surface area contributed by atoms with Crippen molar-refractivity contribution in [3.8, 4) is 11.5 Å². The van der Waals surface area contributed by atoms with Crippen LogP contribution >= 0.6 is 34.5 Å². The minimum atomic E-state index is -1.20. The number of nitrogens with zero attached hydrogens (tertiary/aromatic N) is 2. The zero-order chi connectivity index (χ0) is 21.0. The Morgan fingerprint density at radius 2 is 1.90 bits per heavy atom. The van der Waals surface area contributed by atoms with Crippen LogP contribution in [-0.2, 0) is 22.7 Å². The molecule has 9 heteroatoms. The molecule has 2 amide bonds. The Morgan fingerprint density at radius 3 is 2.55 bits per heavy atom. The highest BCUT2D eigenvalue weighted by atomic mass is 35.5. The van der Waals surface area contributed by atoms with Crippen LogP contribution in [0.4, 0.5) is 0 Å². The highest BCUT2D eigenvalue weighted by Crippen LogP contribution is 2.33. The second-order valence-electron chi connectivity index (χ2n) is 6.88. The van der Waals surface area contributed by atoms with E-state index >= 15 is 0 Å². The van der Waals surface area contributed by atoms with Crippen LogP contribution < -0.4 is 9.47 Å². The van der Waals surface area contributed by atoms with Gasteiger partial charge in [0, 0.05) is 17.5 Å². The molecule has 6 nitrogen and oxygen atoms in total. The number of fused-ring (bicyclic) bond motifs is 1. The normalized spacial score (nSPS) is 12.5. The molecule has 0 spiro atoms. The summed E-state index contributed by atoms with van der Waals surface area (Å²) in [6.07, 6.45) is 0. The number of carbonyl (C=O) groups is 2. The third-order valence-electron chi connectivity index (χ3n) is 4.49. The van der Waals surface area contributed by atoms with Crippen molar-refractivity contribution in [3.63, 3.8) is 0 Å². The van der Waals surface area contributed by atoms with Crippen LogP contribution in [0.2, 0.25) is 0 Å². The molecule has 1 aromatic carbocycles. The van der Waals surface area contributed by atoms with Crippen LogP contribution in [0.15, 0.2) is 35.7 Å². The van der Waals surface area contributed by atoms with E-state index in [9.17, 15) is 9.59 Å². The quantitative estimate of drug-likeness (QED) is 0.562. The number of rotatable bonds is 8. The van der Waals surface area contributed by atoms with Gasteiger partial charge >= 0.3 is 0 Å². The van der Waals surface area contributed by atoms with Crippen LogP contribution in [0.25, 0.3) is 0 Å². The van der Waals surface area contributed by atoms with Gasteiger partial charge in [-0.3, -0.25) is 9.59 Å². The first-order valence-corrected chi connectivity index (χ1v) is 10.9. The Labute approximate surface area is 183 Å². The van der Waals surface area contributed by atoms with Gasteiger partial charge in [0.05, 0.1) is 6.54 Å². The number of carbonyl (C=O) groups excluding carboxylic acids is 2. The summed E-state index contributed by atoms with van der Waals surface area (Å²) >= 11 is 13.1. The summed E-state index contributed by atoms with van der Waals surface area (Å²) in [4.78, 5) is 28.4. The molecule has 1 aliphatic rings. The molecule has 0 radical (unpaired) electrons. The number of hydrogen-bond acceptors (Lipinski definition) is 5. The molecule has 3 rings (SSSR count). The van der Waals surface area contributed by atoms with Crippen molar-refractivity contribution < 1.29 is 19.1 Å². The minimum absolute atomic E-state index is 0.0949. The predicted molar refractivity (Wildman–Crippen MR) is 113 cm³/mol. The minimum Gasteiger partial charge on any atom is -0.454 e. The highest BCUT2D eigenvalue weighted by molar-refractivity contribution is 7.09. The number of hydrogen-bond donors (Lipinski definition) is 0. The number of thiophene rings is 1. The van der Waals surface area contributed by atoms with Crippen molar-refractivity contribution in [2.45, 2.75) is 37.8 Å². The monoisotopic (exact) mass is 456 g/mol. The largest absolute Gasteiger partial charge is 0.454 e. The third kappa shape index (κ3) is 5.56. The molecule has 0 unspecified atom stereocenters. The fourth-order valence-electron chi connectivity index (χ4n) is 2.97. The zero-order valence-electron chi connectivity index (χ0n) is 16.1. The summed E-state index contributed by atoms with van der Waals surface area (Å²) < 4.78 is 10.8. The maximum atomic E-state index is 13.1.